The molecule has 0 radical (unpaired) electrons. The van der Waals surface area contributed by atoms with Crippen molar-refractivity contribution in [2.45, 2.75) is 58.3 Å². The van der Waals surface area contributed by atoms with Crippen LogP contribution in [0.4, 0.5) is 14.0 Å². The number of amides is 2. The molecule has 0 aliphatic carbocycles. The van der Waals surface area contributed by atoms with Crippen molar-refractivity contribution in [3.63, 3.8) is 0 Å². The van der Waals surface area contributed by atoms with Crippen LogP contribution in [0.5, 0.6) is 0 Å². The molecule has 1 heterocycles. The van der Waals surface area contributed by atoms with E-state index in [-0.39, 0.29) is 24.4 Å². The Morgan fingerprint density at radius 2 is 1.88 bits per heavy atom. The van der Waals surface area contributed by atoms with Gasteiger partial charge in [0.25, 0.3) is 0 Å². The van der Waals surface area contributed by atoms with Crippen molar-refractivity contribution in [1.29, 1.82) is 0 Å². The SMILES string of the molecule is Cc1cc(F)ccc1[C@H]1CN(C(=O)OC(C)(C)C)CC[C@@H]1NC(=O)OCc1ccccc1. The zero-order valence-corrected chi connectivity index (χ0v) is 19.1. The Balaban J connectivity index is 1.73. The summed E-state index contributed by atoms with van der Waals surface area (Å²) in [5, 5.41) is 2.95. The first-order chi connectivity index (χ1) is 15.1. The van der Waals surface area contributed by atoms with Crippen molar-refractivity contribution in [1.82, 2.24) is 10.2 Å². The molecule has 2 amide bonds. The first-order valence-corrected chi connectivity index (χ1v) is 10.8. The number of hydrogen-bond acceptors (Lipinski definition) is 4. The molecule has 6 nitrogen and oxygen atoms in total. The molecule has 2 aromatic rings. The molecule has 7 heteroatoms. The Hall–Kier alpha value is -3.09. The van der Waals surface area contributed by atoms with Gasteiger partial charge in [0.15, 0.2) is 0 Å². The third-order valence-corrected chi connectivity index (χ3v) is 5.41. The molecule has 1 aliphatic heterocycles. The Bertz CT molecular complexity index is 943. The van der Waals surface area contributed by atoms with Gasteiger partial charge in [0.2, 0.25) is 0 Å². The third-order valence-electron chi connectivity index (χ3n) is 5.41. The molecule has 0 saturated carbocycles. The summed E-state index contributed by atoms with van der Waals surface area (Å²) in [6, 6.07) is 13.8. The summed E-state index contributed by atoms with van der Waals surface area (Å²) in [5.74, 6) is -0.543. The van der Waals surface area contributed by atoms with Crippen LogP contribution >= 0.6 is 0 Å². The third kappa shape index (κ3) is 6.45. The molecule has 2 atom stereocenters. The van der Waals surface area contributed by atoms with Crippen LogP contribution in [0.3, 0.4) is 0 Å². The fourth-order valence-corrected chi connectivity index (χ4v) is 3.90. The van der Waals surface area contributed by atoms with Crippen LogP contribution in [0.1, 0.15) is 49.8 Å². The number of nitrogens with one attached hydrogen (secondary N) is 1. The number of ether oxygens (including phenoxy) is 2. The number of likely N-dealkylation sites (tertiary alicyclic amines) is 1. The van der Waals surface area contributed by atoms with Crippen molar-refractivity contribution in [3.05, 3.63) is 71.0 Å². The maximum absolute atomic E-state index is 13.7. The Morgan fingerprint density at radius 3 is 2.53 bits per heavy atom. The van der Waals surface area contributed by atoms with E-state index in [0.717, 1.165) is 16.7 Å². The second kappa shape index (κ2) is 10.0. The maximum atomic E-state index is 13.7. The van der Waals surface area contributed by atoms with Gasteiger partial charge in [0, 0.05) is 25.0 Å². The van der Waals surface area contributed by atoms with Crippen molar-refractivity contribution in [3.8, 4) is 0 Å². The van der Waals surface area contributed by atoms with Gasteiger partial charge >= 0.3 is 12.2 Å². The fourth-order valence-electron chi connectivity index (χ4n) is 3.90. The first-order valence-electron chi connectivity index (χ1n) is 10.8. The molecule has 1 saturated heterocycles. The van der Waals surface area contributed by atoms with Crippen LogP contribution in [0.2, 0.25) is 0 Å². The number of piperidine rings is 1. The van der Waals surface area contributed by atoms with Crippen LogP contribution < -0.4 is 5.32 Å². The number of nitrogens with zero attached hydrogens (tertiary/aromatic N) is 1. The Labute approximate surface area is 188 Å². The van der Waals surface area contributed by atoms with Crippen molar-refractivity contribution in [2.75, 3.05) is 13.1 Å². The highest BCUT2D eigenvalue weighted by Crippen LogP contribution is 2.31. The van der Waals surface area contributed by atoms with Crippen LogP contribution in [0.15, 0.2) is 48.5 Å². The summed E-state index contributed by atoms with van der Waals surface area (Å²) >= 11 is 0. The summed E-state index contributed by atoms with van der Waals surface area (Å²) in [4.78, 5) is 26.8. The maximum Gasteiger partial charge on any atom is 0.410 e. The van der Waals surface area contributed by atoms with Crippen molar-refractivity contribution < 1.29 is 23.5 Å². The highest BCUT2D eigenvalue weighted by atomic mass is 19.1. The molecule has 1 N–H and O–H groups in total. The average Bonchev–Trinajstić information content (AvgIpc) is 2.72. The smallest absolute Gasteiger partial charge is 0.410 e. The molecule has 0 aromatic heterocycles. The predicted molar refractivity (Wildman–Crippen MR) is 120 cm³/mol. The van der Waals surface area contributed by atoms with E-state index in [1.807, 2.05) is 58.0 Å². The van der Waals surface area contributed by atoms with Crippen LogP contribution in [-0.4, -0.2) is 41.8 Å². The van der Waals surface area contributed by atoms with E-state index in [1.54, 1.807) is 11.0 Å². The Morgan fingerprint density at radius 1 is 1.16 bits per heavy atom. The molecule has 0 spiro atoms. The lowest BCUT2D eigenvalue weighted by Crippen LogP contribution is -2.52. The standard InChI is InChI=1S/C25H31FN2O4/c1-17-14-19(26)10-11-20(17)21-15-28(24(30)32-25(2,3)4)13-12-22(21)27-23(29)31-16-18-8-6-5-7-9-18/h5-11,14,21-22H,12-13,15-16H2,1-4H3,(H,27,29)/t21-,22+/m1/s1. The van der Waals surface area contributed by atoms with E-state index < -0.39 is 17.8 Å². The lowest BCUT2D eigenvalue weighted by molar-refractivity contribution is 0.0175. The van der Waals surface area contributed by atoms with Gasteiger partial charge in [-0.05, 0) is 62.9 Å². The molecular formula is C25H31FN2O4. The minimum absolute atomic E-state index is 0.170. The highest BCUT2D eigenvalue weighted by molar-refractivity contribution is 5.69. The van der Waals surface area contributed by atoms with Gasteiger partial charge < -0.3 is 19.7 Å². The molecule has 1 aliphatic rings. The minimum atomic E-state index is -0.602. The average molecular weight is 443 g/mol. The van der Waals surface area contributed by atoms with Gasteiger partial charge in [0.1, 0.15) is 18.0 Å². The number of carbonyl (C=O) groups excluding carboxylic acids is 2. The first kappa shape index (κ1) is 23.6. The zero-order valence-electron chi connectivity index (χ0n) is 19.1. The van der Waals surface area contributed by atoms with Gasteiger partial charge in [-0.3, -0.25) is 0 Å². The lowest BCUT2D eigenvalue weighted by atomic mass is 9.84. The Kier molecular flexibility index (Phi) is 7.38. The number of halogens is 1. The van der Waals surface area contributed by atoms with E-state index >= 15 is 0 Å². The summed E-state index contributed by atoms with van der Waals surface area (Å²) in [7, 11) is 0. The highest BCUT2D eigenvalue weighted by Gasteiger charge is 2.36. The molecule has 2 aromatic carbocycles. The summed E-state index contributed by atoms with van der Waals surface area (Å²) in [5.41, 5.74) is 1.95. The van der Waals surface area contributed by atoms with Gasteiger partial charge in [0.05, 0.1) is 0 Å². The minimum Gasteiger partial charge on any atom is -0.445 e. The number of carbonyl (C=O) groups is 2. The largest absolute Gasteiger partial charge is 0.445 e. The number of benzene rings is 2. The fraction of sp³-hybridized carbons (Fsp3) is 0.440. The summed E-state index contributed by atoms with van der Waals surface area (Å²) in [6.45, 7) is 8.26. The van der Waals surface area contributed by atoms with E-state index in [2.05, 4.69) is 5.32 Å². The monoisotopic (exact) mass is 442 g/mol. The van der Waals surface area contributed by atoms with Crippen molar-refractivity contribution >= 4 is 12.2 Å². The second-order valence-corrected chi connectivity index (χ2v) is 9.13. The van der Waals surface area contributed by atoms with E-state index in [0.29, 0.717) is 19.5 Å². The van der Waals surface area contributed by atoms with E-state index in [4.69, 9.17) is 9.47 Å². The van der Waals surface area contributed by atoms with Gasteiger partial charge in [-0.15, -0.1) is 0 Å². The number of alkyl carbamates (subject to hydrolysis) is 1. The van der Waals surface area contributed by atoms with Crippen LogP contribution in [0.25, 0.3) is 0 Å². The second-order valence-electron chi connectivity index (χ2n) is 9.13. The molecule has 172 valence electrons. The molecule has 32 heavy (non-hydrogen) atoms. The van der Waals surface area contributed by atoms with Crippen molar-refractivity contribution in [2.24, 2.45) is 0 Å². The summed E-state index contributed by atoms with van der Waals surface area (Å²) in [6.07, 6.45) is -0.386. The number of rotatable bonds is 4. The number of hydrogen-bond donors (Lipinski definition) is 1. The normalized spacial score (nSPS) is 18.7. The van der Waals surface area contributed by atoms with Crippen LogP contribution in [0, 0.1) is 12.7 Å². The molecule has 0 bridgehead atoms. The molecular weight excluding hydrogens is 411 g/mol. The summed E-state index contributed by atoms with van der Waals surface area (Å²) < 4.78 is 24.6. The van der Waals surface area contributed by atoms with Gasteiger partial charge in [-0.2, -0.15) is 0 Å². The zero-order chi connectivity index (χ0) is 23.3. The van der Waals surface area contributed by atoms with E-state index in [1.165, 1.54) is 12.1 Å². The number of aryl methyl sites for hydroxylation is 1. The van der Waals surface area contributed by atoms with Gasteiger partial charge in [-0.1, -0.05) is 36.4 Å². The molecule has 1 fully saturated rings. The quantitative estimate of drug-likeness (QED) is 0.711. The molecule has 0 unspecified atom stereocenters. The van der Waals surface area contributed by atoms with Gasteiger partial charge in [-0.25, -0.2) is 14.0 Å². The lowest BCUT2D eigenvalue weighted by Gasteiger charge is -2.39. The predicted octanol–water partition coefficient (Wildman–Crippen LogP) is 5.15. The topological polar surface area (TPSA) is 67.9 Å². The van der Waals surface area contributed by atoms with E-state index in [9.17, 15) is 14.0 Å². The van der Waals surface area contributed by atoms with Crippen LogP contribution in [-0.2, 0) is 16.1 Å². The molecule has 3 rings (SSSR count).